The molecule has 0 bridgehead atoms. The van der Waals surface area contributed by atoms with Crippen molar-refractivity contribution in [2.24, 2.45) is 10.7 Å². The van der Waals surface area contributed by atoms with Crippen LogP contribution >= 0.6 is 0 Å². The zero-order chi connectivity index (χ0) is 21.5. The maximum Gasteiger partial charge on any atom is 0.430 e. The van der Waals surface area contributed by atoms with E-state index in [9.17, 15) is 24.7 Å². The molecule has 1 unspecified atom stereocenters. The van der Waals surface area contributed by atoms with Gasteiger partial charge in [0.05, 0.1) is 18.0 Å². The summed E-state index contributed by atoms with van der Waals surface area (Å²) in [6.45, 7) is -2.42. The lowest BCUT2D eigenvalue weighted by molar-refractivity contribution is -0.130. The van der Waals surface area contributed by atoms with E-state index in [1.807, 2.05) is 6.08 Å². The number of hydrogen-bond acceptors (Lipinski definition) is 8. The first kappa shape index (κ1) is 20.4. The molecule has 1 saturated heterocycles. The maximum atomic E-state index is 12.6. The number of nitrogens with zero attached hydrogens (tertiary/aromatic N) is 2. The number of aryl methyl sites for hydroxylation is 1. The van der Waals surface area contributed by atoms with Crippen LogP contribution in [0, 0.1) is 0 Å². The van der Waals surface area contributed by atoms with Gasteiger partial charge in [-0.1, -0.05) is 18.5 Å². The molecule has 0 saturated carbocycles. The van der Waals surface area contributed by atoms with Crippen LogP contribution in [-0.4, -0.2) is 70.1 Å². The van der Waals surface area contributed by atoms with E-state index in [0.717, 1.165) is 0 Å². The molecule has 0 spiro atoms. The molecule has 0 radical (unpaired) electrons. The number of likely N-dealkylation sites (tertiary alicyclic amines) is 1. The number of allylic oxidation sites excluding steroid dienone is 1. The van der Waals surface area contributed by atoms with Crippen LogP contribution in [0.4, 0.5) is 0 Å². The van der Waals surface area contributed by atoms with Crippen molar-refractivity contribution in [3.63, 3.8) is 0 Å². The Morgan fingerprint density at radius 2 is 2.17 bits per heavy atom. The molecule has 1 aromatic rings. The number of carbonyl (C=O) groups is 2. The Bertz CT molecular complexity index is 946. The van der Waals surface area contributed by atoms with E-state index in [1.165, 1.54) is 6.07 Å². The van der Waals surface area contributed by atoms with Crippen molar-refractivity contribution in [1.29, 1.82) is 0 Å². The van der Waals surface area contributed by atoms with E-state index in [0.29, 0.717) is 30.6 Å². The topological polar surface area (TPSA) is 155 Å². The van der Waals surface area contributed by atoms with Crippen LogP contribution < -0.4 is 15.1 Å². The maximum absolute atomic E-state index is 12.6. The number of aromatic carboxylic acids is 1. The van der Waals surface area contributed by atoms with Gasteiger partial charge in [0.25, 0.3) is 0 Å². The van der Waals surface area contributed by atoms with Gasteiger partial charge in [0.1, 0.15) is 23.5 Å². The number of ether oxygens (including phenoxy) is 1. The minimum absolute atomic E-state index is 0.00725. The number of carbonyl (C=O) groups excluding carboxylic acids is 1. The molecule has 3 aliphatic rings. The molecule has 1 aromatic carbocycles. The average Bonchev–Trinajstić information content (AvgIpc) is 3.37. The van der Waals surface area contributed by atoms with Gasteiger partial charge in [-0.2, -0.15) is 0 Å². The monoisotopic (exact) mass is 416 g/mol. The second-order valence-corrected chi connectivity index (χ2v) is 7.71. The van der Waals surface area contributed by atoms with Crippen LogP contribution in [-0.2, 0) is 11.2 Å². The Hall–Kier alpha value is -2.89. The van der Waals surface area contributed by atoms with Crippen molar-refractivity contribution in [2.45, 2.75) is 37.7 Å². The fraction of sp³-hybridized carbons (Fsp3) is 0.421. The molecule has 11 heteroatoms. The Labute approximate surface area is 172 Å². The van der Waals surface area contributed by atoms with Gasteiger partial charge < -0.3 is 35.2 Å². The summed E-state index contributed by atoms with van der Waals surface area (Å²) < 4.78 is 11.1. The molecular weight excluding hydrogens is 393 g/mol. The highest BCUT2D eigenvalue weighted by Gasteiger charge is 2.35. The molecule has 160 valence electrons. The number of aliphatic imine (C=N–C) groups is 1. The summed E-state index contributed by atoms with van der Waals surface area (Å²) in [7, 11) is 0. The van der Waals surface area contributed by atoms with Gasteiger partial charge >= 0.3 is 12.7 Å². The van der Waals surface area contributed by atoms with E-state index >= 15 is 0 Å². The summed E-state index contributed by atoms with van der Waals surface area (Å²) in [5, 5.41) is 29.3. The zero-order valence-electron chi connectivity index (χ0n) is 16.2. The molecule has 3 aliphatic heterocycles. The smallest absolute Gasteiger partial charge is 0.430 e. The SMILES string of the molecule is NC(C(=O)N1CC[C@H](Oc2ccc3c(c2C(=O)O)O[B-](O)(O)CC3)C1)C1=CCC=N1. The third kappa shape index (κ3) is 3.91. The van der Waals surface area contributed by atoms with Crippen molar-refractivity contribution >= 4 is 24.8 Å². The lowest BCUT2D eigenvalue weighted by atomic mass is 9.70. The van der Waals surface area contributed by atoms with Crippen LogP contribution in [0.25, 0.3) is 0 Å². The van der Waals surface area contributed by atoms with Crippen molar-refractivity contribution in [3.8, 4) is 11.5 Å². The van der Waals surface area contributed by atoms with Crippen molar-refractivity contribution in [1.82, 2.24) is 4.90 Å². The number of nitrogens with two attached hydrogens (primary N) is 1. The standard InChI is InChI=1S/C19H23BN3O7/c21-16(13-2-1-8-22-13)18(24)23-9-6-12(10-23)29-14-4-3-11-5-7-20(27,28)30-17(11)15(14)19(25)26/h2-4,8,12,16,27-28H,1,5-7,9-10,21H2,(H,25,26)/q-1/t12-,16?/m0/s1. The summed E-state index contributed by atoms with van der Waals surface area (Å²) in [5.41, 5.74) is 6.87. The second kappa shape index (κ2) is 7.75. The molecule has 2 atom stereocenters. The van der Waals surface area contributed by atoms with E-state index in [2.05, 4.69) is 4.99 Å². The van der Waals surface area contributed by atoms with Crippen LogP contribution in [0.2, 0.25) is 6.32 Å². The van der Waals surface area contributed by atoms with Gasteiger partial charge in [-0.3, -0.25) is 9.79 Å². The van der Waals surface area contributed by atoms with Crippen LogP contribution in [0.5, 0.6) is 11.5 Å². The highest BCUT2D eigenvalue weighted by molar-refractivity contribution is 6.59. The Morgan fingerprint density at radius 1 is 1.37 bits per heavy atom. The van der Waals surface area contributed by atoms with E-state index in [1.54, 1.807) is 17.2 Å². The number of hydrogen-bond donors (Lipinski definition) is 4. The summed E-state index contributed by atoms with van der Waals surface area (Å²) in [6, 6.07) is 2.36. The van der Waals surface area contributed by atoms with Gasteiger partial charge in [-0.05, 0) is 18.1 Å². The number of fused-ring (bicyclic) bond motifs is 1. The summed E-state index contributed by atoms with van der Waals surface area (Å²) in [4.78, 5) is 30.2. The van der Waals surface area contributed by atoms with Gasteiger partial charge in [0.2, 0.25) is 5.91 Å². The third-order valence-electron chi connectivity index (χ3n) is 5.52. The molecule has 5 N–H and O–H groups in total. The molecule has 10 nitrogen and oxygen atoms in total. The average molecular weight is 416 g/mol. The number of amides is 1. The van der Waals surface area contributed by atoms with Gasteiger partial charge in [0.15, 0.2) is 0 Å². The first-order chi connectivity index (χ1) is 14.2. The van der Waals surface area contributed by atoms with Crippen LogP contribution in [0.15, 0.2) is 28.9 Å². The molecule has 0 aromatic heterocycles. The quantitative estimate of drug-likeness (QED) is 0.486. The molecule has 1 fully saturated rings. The highest BCUT2D eigenvalue weighted by atomic mass is 16.6. The normalized spacial score (nSPS) is 22.8. The molecular formula is C19H23BN3O7-. The predicted octanol–water partition coefficient (Wildman–Crippen LogP) is -0.0914. The van der Waals surface area contributed by atoms with E-state index in [-0.39, 0.29) is 42.3 Å². The molecule has 4 rings (SSSR count). The molecule has 30 heavy (non-hydrogen) atoms. The summed E-state index contributed by atoms with van der Waals surface area (Å²) in [5.74, 6) is -1.59. The number of benzene rings is 1. The lowest BCUT2D eigenvalue weighted by Gasteiger charge is -2.37. The highest BCUT2D eigenvalue weighted by Crippen LogP contribution is 2.39. The van der Waals surface area contributed by atoms with Gasteiger partial charge in [0, 0.05) is 25.6 Å². The minimum Gasteiger partial charge on any atom is -0.669 e. The summed E-state index contributed by atoms with van der Waals surface area (Å²) >= 11 is 0. The lowest BCUT2D eigenvalue weighted by Crippen LogP contribution is -2.45. The second-order valence-electron chi connectivity index (χ2n) is 7.71. The largest absolute Gasteiger partial charge is 0.669 e. The third-order valence-corrected chi connectivity index (χ3v) is 5.52. The van der Waals surface area contributed by atoms with E-state index < -0.39 is 24.9 Å². The number of carboxylic acids is 1. The molecule has 3 heterocycles. The van der Waals surface area contributed by atoms with Crippen molar-refractivity contribution in [3.05, 3.63) is 35.0 Å². The van der Waals surface area contributed by atoms with Crippen LogP contribution in [0.3, 0.4) is 0 Å². The van der Waals surface area contributed by atoms with Gasteiger partial charge in [-0.25, -0.2) is 4.79 Å². The Kier molecular flexibility index (Phi) is 5.26. The van der Waals surface area contributed by atoms with Gasteiger partial charge in [-0.15, -0.1) is 0 Å². The zero-order valence-corrected chi connectivity index (χ0v) is 16.2. The summed E-state index contributed by atoms with van der Waals surface area (Å²) in [6.07, 6.45) is 4.51. The van der Waals surface area contributed by atoms with Crippen LogP contribution in [0.1, 0.15) is 28.8 Å². The van der Waals surface area contributed by atoms with Crippen molar-refractivity contribution < 1.29 is 34.1 Å². The fourth-order valence-corrected chi connectivity index (χ4v) is 3.95. The first-order valence-electron chi connectivity index (χ1n) is 9.87. The van der Waals surface area contributed by atoms with Crippen molar-refractivity contribution in [2.75, 3.05) is 13.1 Å². The molecule has 0 aliphatic carbocycles. The fourth-order valence-electron chi connectivity index (χ4n) is 3.95. The predicted molar refractivity (Wildman–Crippen MR) is 108 cm³/mol. The van der Waals surface area contributed by atoms with E-state index in [4.69, 9.17) is 15.1 Å². The Morgan fingerprint density at radius 3 is 2.87 bits per heavy atom. The minimum atomic E-state index is -3.11. The Balaban J connectivity index is 1.49. The number of rotatable bonds is 5. The molecule has 1 amide bonds. The first-order valence-corrected chi connectivity index (χ1v) is 9.87. The number of carboxylic acid groups (broad SMARTS) is 1.